The molecule has 0 aliphatic rings. The summed E-state index contributed by atoms with van der Waals surface area (Å²) in [7, 11) is 1.87. The van der Waals surface area contributed by atoms with Gasteiger partial charge in [-0.05, 0) is 33.6 Å². The molecule has 2 aromatic rings. The van der Waals surface area contributed by atoms with Crippen LogP contribution in [-0.2, 0) is 7.05 Å². The summed E-state index contributed by atoms with van der Waals surface area (Å²) in [5, 5.41) is 4.86. The van der Waals surface area contributed by atoms with E-state index in [0.29, 0.717) is 5.02 Å². The predicted octanol–water partition coefficient (Wildman–Crippen LogP) is 3.15. The number of nitrogens with two attached hydrogens (primary N) is 1. The van der Waals surface area contributed by atoms with Crippen LogP contribution in [0.4, 0.5) is 0 Å². The fourth-order valence-electron chi connectivity index (χ4n) is 1.80. The van der Waals surface area contributed by atoms with Gasteiger partial charge in [0.15, 0.2) is 0 Å². The highest BCUT2D eigenvalue weighted by molar-refractivity contribution is 9.10. The van der Waals surface area contributed by atoms with E-state index in [9.17, 15) is 0 Å². The molecule has 1 aromatic heterocycles. The topological polar surface area (TPSA) is 55.9 Å². The van der Waals surface area contributed by atoms with Gasteiger partial charge in [-0.3, -0.25) is 10.5 Å². The first kappa shape index (κ1) is 14.0. The van der Waals surface area contributed by atoms with Gasteiger partial charge in [0.1, 0.15) is 0 Å². The van der Waals surface area contributed by atoms with Crippen molar-refractivity contribution >= 4 is 43.5 Å². The van der Waals surface area contributed by atoms with Crippen LogP contribution < -0.4 is 11.3 Å². The lowest BCUT2D eigenvalue weighted by atomic mass is 10.0. The molecule has 0 spiro atoms. The molecule has 0 saturated heterocycles. The minimum absolute atomic E-state index is 0.182. The number of hydrazine groups is 1. The molecule has 1 aromatic carbocycles. The van der Waals surface area contributed by atoms with Crippen molar-refractivity contribution in [2.24, 2.45) is 12.9 Å². The Hall–Kier alpha value is -0.400. The van der Waals surface area contributed by atoms with E-state index >= 15 is 0 Å². The van der Waals surface area contributed by atoms with Crippen molar-refractivity contribution in [3.8, 4) is 0 Å². The standard InChI is InChI=1S/C11H11Br2ClN4/c1-18-11(9(13)5-16-18)10(17-15)7-3-2-6(14)4-8(7)12/h2-5,10,17H,15H2,1H3. The second-order valence-corrected chi connectivity index (χ2v) is 5.91. The van der Waals surface area contributed by atoms with E-state index in [2.05, 4.69) is 42.4 Å². The fraction of sp³-hybridized carbons (Fsp3) is 0.182. The summed E-state index contributed by atoms with van der Waals surface area (Å²) in [6.45, 7) is 0. The maximum Gasteiger partial charge on any atom is 0.0900 e. The van der Waals surface area contributed by atoms with E-state index in [-0.39, 0.29) is 6.04 Å². The average molecular weight is 394 g/mol. The van der Waals surface area contributed by atoms with E-state index in [1.807, 2.05) is 25.2 Å². The molecule has 4 nitrogen and oxygen atoms in total. The summed E-state index contributed by atoms with van der Waals surface area (Å²) in [6, 6.07) is 5.41. The predicted molar refractivity (Wildman–Crippen MR) is 79.2 cm³/mol. The van der Waals surface area contributed by atoms with Gasteiger partial charge in [-0.1, -0.05) is 33.6 Å². The van der Waals surface area contributed by atoms with E-state index < -0.39 is 0 Å². The van der Waals surface area contributed by atoms with Gasteiger partial charge in [-0.25, -0.2) is 5.43 Å². The first-order valence-corrected chi connectivity index (χ1v) is 7.09. The van der Waals surface area contributed by atoms with Gasteiger partial charge in [0.05, 0.1) is 22.4 Å². The van der Waals surface area contributed by atoms with E-state index in [4.69, 9.17) is 17.4 Å². The Bertz CT molecular complexity index is 551. The molecule has 0 aliphatic carbocycles. The van der Waals surface area contributed by atoms with Crippen LogP contribution in [0.3, 0.4) is 0 Å². The Morgan fingerprint density at radius 3 is 2.61 bits per heavy atom. The van der Waals surface area contributed by atoms with Crippen molar-refractivity contribution in [3.05, 3.63) is 49.6 Å². The highest BCUT2D eigenvalue weighted by atomic mass is 79.9. The molecular weight excluding hydrogens is 383 g/mol. The molecule has 1 unspecified atom stereocenters. The number of halogens is 3. The zero-order chi connectivity index (χ0) is 13.3. The maximum atomic E-state index is 5.94. The first-order valence-electron chi connectivity index (χ1n) is 5.13. The highest BCUT2D eigenvalue weighted by Crippen LogP contribution is 2.33. The summed E-state index contributed by atoms with van der Waals surface area (Å²) in [6.07, 6.45) is 1.74. The third-order valence-electron chi connectivity index (χ3n) is 2.65. The van der Waals surface area contributed by atoms with Crippen molar-refractivity contribution < 1.29 is 0 Å². The largest absolute Gasteiger partial charge is 0.271 e. The van der Waals surface area contributed by atoms with Crippen molar-refractivity contribution in [2.45, 2.75) is 6.04 Å². The van der Waals surface area contributed by atoms with Crippen LogP contribution in [0.2, 0.25) is 5.02 Å². The molecule has 2 rings (SSSR count). The van der Waals surface area contributed by atoms with Gasteiger partial charge in [-0.2, -0.15) is 5.10 Å². The van der Waals surface area contributed by atoms with Gasteiger partial charge >= 0.3 is 0 Å². The first-order chi connectivity index (χ1) is 8.54. The van der Waals surface area contributed by atoms with Crippen LogP contribution >= 0.6 is 43.5 Å². The van der Waals surface area contributed by atoms with Crippen LogP contribution in [0.5, 0.6) is 0 Å². The molecule has 7 heteroatoms. The Morgan fingerprint density at radius 2 is 2.11 bits per heavy atom. The molecule has 0 fully saturated rings. The summed E-state index contributed by atoms with van der Waals surface area (Å²) < 4.78 is 3.57. The van der Waals surface area contributed by atoms with Crippen molar-refractivity contribution in [3.63, 3.8) is 0 Å². The molecule has 18 heavy (non-hydrogen) atoms. The zero-order valence-corrected chi connectivity index (χ0v) is 13.4. The average Bonchev–Trinajstić information content (AvgIpc) is 2.64. The number of hydrogen-bond acceptors (Lipinski definition) is 3. The van der Waals surface area contributed by atoms with Crippen molar-refractivity contribution in [1.82, 2.24) is 15.2 Å². The fourth-order valence-corrected chi connectivity index (χ4v) is 3.29. The zero-order valence-electron chi connectivity index (χ0n) is 9.49. The lowest BCUT2D eigenvalue weighted by molar-refractivity contribution is 0.571. The summed E-state index contributed by atoms with van der Waals surface area (Å²) >= 11 is 12.9. The number of nitrogens with zero attached hydrogens (tertiary/aromatic N) is 2. The summed E-state index contributed by atoms with van der Waals surface area (Å²) in [4.78, 5) is 0. The molecule has 96 valence electrons. The Labute approximate surface area is 127 Å². The Balaban J connectivity index is 2.52. The van der Waals surface area contributed by atoms with E-state index in [0.717, 1.165) is 20.2 Å². The third kappa shape index (κ3) is 2.62. The van der Waals surface area contributed by atoms with Gasteiger partial charge < -0.3 is 0 Å². The van der Waals surface area contributed by atoms with E-state index in [1.165, 1.54) is 0 Å². The molecule has 0 saturated carbocycles. The smallest absolute Gasteiger partial charge is 0.0900 e. The highest BCUT2D eigenvalue weighted by Gasteiger charge is 2.21. The van der Waals surface area contributed by atoms with Crippen LogP contribution in [-0.4, -0.2) is 9.78 Å². The Kier molecular flexibility index (Phi) is 4.45. The molecule has 0 bridgehead atoms. The maximum absolute atomic E-state index is 5.94. The van der Waals surface area contributed by atoms with Crippen LogP contribution in [0.1, 0.15) is 17.3 Å². The monoisotopic (exact) mass is 392 g/mol. The summed E-state index contributed by atoms with van der Waals surface area (Å²) in [5.74, 6) is 5.67. The van der Waals surface area contributed by atoms with Crippen molar-refractivity contribution in [1.29, 1.82) is 0 Å². The van der Waals surface area contributed by atoms with Gasteiger partial charge in [0, 0.05) is 16.5 Å². The molecular formula is C11H11Br2ClN4. The quantitative estimate of drug-likeness (QED) is 0.621. The van der Waals surface area contributed by atoms with Gasteiger partial charge in [0.2, 0.25) is 0 Å². The number of hydrogen-bond donors (Lipinski definition) is 2. The van der Waals surface area contributed by atoms with Gasteiger partial charge in [0.25, 0.3) is 0 Å². The minimum Gasteiger partial charge on any atom is -0.271 e. The number of nitrogens with one attached hydrogen (secondary N) is 1. The molecule has 1 atom stereocenters. The second-order valence-electron chi connectivity index (χ2n) is 3.77. The van der Waals surface area contributed by atoms with Crippen LogP contribution in [0.15, 0.2) is 33.3 Å². The number of aryl methyl sites for hydroxylation is 1. The Morgan fingerprint density at radius 1 is 1.39 bits per heavy atom. The number of rotatable bonds is 3. The lowest BCUT2D eigenvalue weighted by Crippen LogP contribution is -2.30. The number of benzene rings is 1. The summed E-state index contributed by atoms with van der Waals surface area (Å²) in [5.41, 5.74) is 4.74. The normalized spacial score (nSPS) is 12.7. The molecule has 0 amide bonds. The lowest BCUT2D eigenvalue weighted by Gasteiger charge is -2.19. The molecule has 0 radical (unpaired) electrons. The molecule has 1 heterocycles. The third-order valence-corrected chi connectivity index (χ3v) is 4.18. The second kappa shape index (κ2) is 5.71. The van der Waals surface area contributed by atoms with E-state index in [1.54, 1.807) is 10.9 Å². The molecule has 0 aliphatic heterocycles. The van der Waals surface area contributed by atoms with Crippen LogP contribution in [0, 0.1) is 0 Å². The molecule has 3 N–H and O–H groups in total. The minimum atomic E-state index is -0.182. The van der Waals surface area contributed by atoms with Crippen molar-refractivity contribution in [2.75, 3.05) is 0 Å². The SMILES string of the molecule is Cn1ncc(Br)c1C(NN)c1ccc(Cl)cc1Br. The number of aromatic nitrogens is 2. The van der Waals surface area contributed by atoms with Crippen LogP contribution in [0.25, 0.3) is 0 Å². The van der Waals surface area contributed by atoms with Gasteiger partial charge in [-0.15, -0.1) is 0 Å².